The predicted octanol–water partition coefficient (Wildman–Crippen LogP) is 4.47. The van der Waals surface area contributed by atoms with Gasteiger partial charge in [0.15, 0.2) is 0 Å². The molecule has 0 saturated heterocycles. The summed E-state index contributed by atoms with van der Waals surface area (Å²) in [6.45, 7) is 2.41. The van der Waals surface area contributed by atoms with Crippen LogP contribution in [-0.2, 0) is 6.61 Å². The molecule has 134 valence electrons. The molecule has 2 heterocycles. The molecule has 2 aromatic carbocycles. The van der Waals surface area contributed by atoms with Crippen molar-refractivity contribution in [2.75, 3.05) is 5.32 Å². The molecule has 0 unspecified atom stereocenters. The van der Waals surface area contributed by atoms with Gasteiger partial charge < -0.3 is 14.5 Å². The van der Waals surface area contributed by atoms with Gasteiger partial charge in [0.2, 0.25) is 0 Å². The number of hydrogen-bond donors (Lipinski definition) is 1. The van der Waals surface area contributed by atoms with Crippen LogP contribution in [-0.4, -0.2) is 15.3 Å². The van der Waals surface area contributed by atoms with Gasteiger partial charge in [-0.15, -0.1) is 0 Å². The van der Waals surface area contributed by atoms with Crippen LogP contribution in [0.1, 0.15) is 21.6 Å². The number of carbonyl (C=O) groups is 1. The Bertz CT molecular complexity index is 1070. The lowest BCUT2D eigenvalue weighted by atomic mass is 10.2. The second-order valence-electron chi connectivity index (χ2n) is 6.29. The summed E-state index contributed by atoms with van der Waals surface area (Å²) in [6.07, 6.45) is 3.93. The summed E-state index contributed by atoms with van der Waals surface area (Å²) in [5.74, 6) is 0.545. The highest BCUT2D eigenvalue weighted by Crippen LogP contribution is 2.16. The number of nitrogens with zero attached hydrogens (tertiary/aromatic N) is 2. The van der Waals surface area contributed by atoms with E-state index in [1.54, 1.807) is 24.3 Å². The third-order valence-corrected chi connectivity index (χ3v) is 4.26. The maximum absolute atomic E-state index is 12.3. The first-order valence-corrected chi connectivity index (χ1v) is 8.71. The summed E-state index contributed by atoms with van der Waals surface area (Å²) in [5, 5.41) is 2.86. The average Bonchev–Trinajstić information content (AvgIpc) is 3.12. The topological polar surface area (TPSA) is 55.6 Å². The molecular weight excluding hydrogens is 338 g/mol. The minimum Gasteiger partial charge on any atom is -0.487 e. The zero-order valence-corrected chi connectivity index (χ0v) is 14.9. The third-order valence-electron chi connectivity index (χ3n) is 4.26. The molecule has 27 heavy (non-hydrogen) atoms. The van der Waals surface area contributed by atoms with E-state index in [4.69, 9.17) is 4.74 Å². The van der Waals surface area contributed by atoms with Crippen LogP contribution in [0.15, 0.2) is 79.1 Å². The summed E-state index contributed by atoms with van der Waals surface area (Å²) in [6, 6.07) is 20.5. The monoisotopic (exact) mass is 357 g/mol. The van der Waals surface area contributed by atoms with Crippen LogP contribution in [0.4, 0.5) is 5.69 Å². The van der Waals surface area contributed by atoms with E-state index in [-0.39, 0.29) is 5.91 Å². The first kappa shape index (κ1) is 16.8. The molecule has 0 fully saturated rings. The van der Waals surface area contributed by atoms with Crippen LogP contribution < -0.4 is 10.1 Å². The summed E-state index contributed by atoms with van der Waals surface area (Å²) < 4.78 is 7.80. The number of para-hydroxylation sites is 1. The molecule has 0 aliphatic rings. The Morgan fingerprint density at radius 2 is 1.81 bits per heavy atom. The predicted molar refractivity (Wildman–Crippen MR) is 105 cm³/mol. The molecule has 4 rings (SSSR count). The summed E-state index contributed by atoms with van der Waals surface area (Å²) in [7, 11) is 0. The molecular formula is C22H19N3O2. The third kappa shape index (κ3) is 3.82. The zero-order chi connectivity index (χ0) is 18.6. The van der Waals surface area contributed by atoms with Crippen LogP contribution >= 0.6 is 0 Å². The number of carbonyl (C=O) groups excluding carboxylic acids is 1. The van der Waals surface area contributed by atoms with Crippen molar-refractivity contribution < 1.29 is 9.53 Å². The van der Waals surface area contributed by atoms with Gasteiger partial charge in [-0.3, -0.25) is 4.79 Å². The first-order valence-electron chi connectivity index (χ1n) is 8.71. The largest absolute Gasteiger partial charge is 0.487 e. The molecule has 2 aromatic heterocycles. The smallest absolute Gasteiger partial charge is 0.255 e. The van der Waals surface area contributed by atoms with Gasteiger partial charge in [0, 0.05) is 23.6 Å². The SMILES string of the molecule is Cc1cccn2cc(COc3ccc(C(=O)Nc4ccccc4)cc3)nc12. The van der Waals surface area contributed by atoms with E-state index in [1.807, 2.05) is 66.2 Å². The Morgan fingerprint density at radius 1 is 1.04 bits per heavy atom. The number of imidazole rings is 1. The van der Waals surface area contributed by atoms with Crippen molar-refractivity contribution in [2.45, 2.75) is 13.5 Å². The number of aryl methyl sites for hydroxylation is 1. The average molecular weight is 357 g/mol. The lowest BCUT2D eigenvalue weighted by Gasteiger charge is -2.07. The second kappa shape index (κ2) is 7.33. The number of ether oxygens (including phenoxy) is 1. The van der Waals surface area contributed by atoms with Crippen molar-refractivity contribution in [1.29, 1.82) is 0 Å². The molecule has 0 aliphatic carbocycles. The van der Waals surface area contributed by atoms with E-state index in [1.165, 1.54) is 0 Å². The van der Waals surface area contributed by atoms with Crippen LogP contribution in [0.5, 0.6) is 5.75 Å². The molecule has 5 heteroatoms. The van der Waals surface area contributed by atoms with Gasteiger partial charge in [-0.05, 0) is 55.0 Å². The van der Waals surface area contributed by atoms with E-state index < -0.39 is 0 Å². The number of benzene rings is 2. The van der Waals surface area contributed by atoms with E-state index in [0.717, 1.165) is 22.6 Å². The van der Waals surface area contributed by atoms with Gasteiger partial charge in [-0.2, -0.15) is 0 Å². The summed E-state index contributed by atoms with van der Waals surface area (Å²) in [4.78, 5) is 16.9. The number of pyridine rings is 1. The lowest BCUT2D eigenvalue weighted by Crippen LogP contribution is -2.11. The number of fused-ring (bicyclic) bond motifs is 1. The van der Waals surface area contributed by atoms with Crippen molar-refractivity contribution >= 4 is 17.2 Å². The molecule has 0 bridgehead atoms. The van der Waals surface area contributed by atoms with Gasteiger partial charge >= 0.3 is 0 Å². The lowest BCUT2D eigenvalue weighted by molar-refractivity contribution is 0.102. The molecule has 1 amide bonds. The normalized spacial score (nSPS) is 10.7. The molecule has 4 aromatic rings. The Balaban J connectivity index is 1.40. The van der Waals surface area contributed by atoms with Crippen molar-refractivity contribution in [3.05, 3.63) is 95.9 Å². The minimum absolute atomic E-state index is 0.149. The maximum Gasteiger partial charge on any atom is 0.255 e. The molecule has 5 nitrogen and oxygen atoms in total. The Labute approximate surface area is 157 Å². The quantitative estimate of drug-likeness (QED) is 0.573. The molecule has 0 atom stereocenters. The standard InChI is InChI=1S/C22H19N3O2/c1-16-6-5-13-25-14-19(23-21(16)25)15-27-20-11-9-17(10-12-20)22(26)24-18-7-3-2-4-8-18/h2-14H,15H2,1H3,(H,24,26). The van der Waals surface area contributed by atoms with Gasteiger partial charge in [0.05, 0.1) is 5.69 Å². The highest BCUT2D eigenvalue weighted by Gasteiger charge is 2.07. The van der Waals surface area contributed by atoms with E-state index in [9.17, 15) is 4.79 Å². The number of nitrogens with one attached hydrogen (secondary N) is 1. The Hall–Kier alpha value is -3.60. The van der Waals surface area contributed by atoms with Crippen LogP contribution in [0.3, 0.4) is 0 Å². The minimum atomic E-state index is -0.149. The van der Waals surface area contributed by atoms with Gasteiger partial charge in [0.1, 0.15) is 18.0 Å². The van der Waals surface area contributed by atoms with E-state index in [0.29, 0.717) is 17.9 Å². The molecule has 0 spiro atoms. The number of rotatable bonds is 5. The fourth-order valence-corrected chi connectivity index (χ4v) is 2.86. The summed E-state index contributed by atoms with van der Waals surface area (Å²) >= 11 is 0. The highest BCUT2D eigenvalue weighted by atomic mass is 16.5. The maximum atomic E-state index is 12.3. The van der Waals surface area contributed by atoms with Gasteiger partial charge in [-0.25, -0.2) is 4.98 Å². The molecule has 1 N–H and O–H groups in total. The van der Waals surface area contributed by atoms with E-state index >= 15 is 0 Å². The molecule has 0 aliphatic heterocycles. The molecule has 0 radical (unpaired) electrons. The molecule has 0 saturated carbocycles. The number of hydrogen-bond acceptors (Lipinski definition) is 3. The van der Waals surface area contributed by atoms with Crippen LogP contribution in [0.2, 0.25) is 0 Å². The van der Waals surface area contributed by atoms with E-state index in [2.05, 4.69) is 10.3 Å². The number of anilines is 1. The van der Waals surface area contributed by atoms with Gasteiger partial charge in [0.25, 0.3) is 5.91 Å². The summed E-state index contributed by atoms with van der Waals surface area (Å²) in [5.41, 5.74) is 4.26. The number of aromatic nitrogens is 2. The van der Waals surface area contributed by atoms with Gasteiger partial charge in [-0.1, -0.05) is 24.3 Å². The van der Waals surface area contributed by atoms with Crippen LogP contribution in [0, 0.1) is 6.92 Å². The first-order chi connectivity index (χ1) is 13.2. The number of amides is 1. The highest BCUT2D eigenvalue weighted by molar-refractivity contribution is 6.04. The fourth-order valence-electron chi connectivity index (χ4n) is 2.86. The zero-order valence-electron chi connectivity index (χ0n) is 14.9. The van der Waals surface area contributed by atoms with Crippen LogP contribution in [0.25, 0.3) is 5.65 Å². The van der Waals surface area contributed by atoms with Crippen molar-refractivity contribution in [3.63, 3.8) is 0 Å². The van der Waals surface area contributed by atoms with Crippen molar-refractivity contribution in [1.82, 2.24) is 9.38 Å². The van der Waals surface area contributed by atoms with Crippen molar-refractivity contribution in [3.8, 4) is 5.75 Å². The Morgan fingerprint density at radius 3 is 2.56 bits per heavy atom. The van der Waals surface area contributed by atoms with Crippen molar-refractivity contribution in [2.24, 2.45) is 0 Å². The Kier molecular flexibility index (Phi) is 4.58. The second-order valence-corrected chi connectivity index (χ2v) is 6.29. The fraction of sp³-hybridized carbons (Fsp3) is 0.0909.